The number of halogens is 1. The maximum atomic E-state index is 13.4. The Kier molecular flexibility index (Phi) is 5.09. The second kappa shape index (κ2) is 6.83. The van der Waals surface area contributed by atoms with Crippen LogP contribution in [0.2, 0.25) is 0 Å². The summed E-state index contributed by atoms with van der Waals surface area (Å²) in [5, 5.41) is 0. The van der Waals surface area contributed by atoms with Crippen molar-refractivity contribution in [2.75, 3.05) is 6.61 Å². The maximum absolute atomic E-state index is 13.4. The Bertz CT molecular complexity index is 694. The van der Waals surface area contributed by atoms with Crippen LogP contribution >= 0.6 is 0 Å². The molecule has 0 atom stereocenters. The molecular formula is C16H17FO3S. The number of rotatable bonds is 6. The van der Waals surface area contributed by atoms with Gasteiger partial charge in [0.25, 0.3) is 10.1 Å². The Morgan fingerprint density at radius 2 is 1.71 bits per heavy atom. The van der Waals surface area contributed by atoms with Crippen LogP contribution < -0.4 is 0 Å². The average molecular weight is 308 g/mol. The largest absolute Gasteiger partial charge is 0.296 e. The molecule has 21 heavy (non-hydrogen) atoms. The fraction of sp³-hybridized carbons (Fsp3) is 0.250. The van der Waals surface area contributed by atoms with Crippen molar-refractivity contribution >= 4 is 10.1 Å². The summed E-state index contributed by atoms with van der Waals surface area (Å²) in [5.74, 6) is -0.279. The van der Waals surface area contributed by atoms with Gasteiger partial charge in [0, 0.05) is 0 Å². The Hall–Kier alpha value is -1.72. The van der Waals surface area contributed by atoms with Crippen molar-refractivity contribution in [1.29, 1.82) is 0 Å². The lowest BCUT2D eigenvalue weighted by molar-refractivity contribution is 0.311. The minimum absolute atomic E-state index is 0.0323. The van der Waals surface area contributed by atoms with Crippen molar-refractivity contribution in [3.63, 3.8) is 0 Å². The SMILES string of the molecule is Cc1ccc(S(=O)(=O)OCCCc2ccccc2F)cc1. The first-order chi connectivity index (χ1) is 9.99. The predicted molar refractivity (Wildman–Crippen MR) is 79.0 cm³/mol. The quantitative estimate of drug-likeness (QED) is 0.606. The molecule has 0 bridgehead atoms. The van der Waals surface area contributed by atoms with Gasteiger partial charge >= 0.3 is 0 Å². The topological polar surface area (TPSA) is 43.4 Å². The highest BCUT2D eigenvalue weighted by atomic mass is 32.2. The first kappa shape index (κ1) is 15.7. The van der Waals surface area contributed by atoms with E-state index in [9.17, 15) is 12.8 Å². The van der Waals surface area contributed by atoms with Gasteiger partial charge in [0.05, 0.1) is 11.5 Å². The Balaban J connectivity index is 1.88. The third-order valence-corrected chi connectivity index (χ3v) is 4.42. The second-order valence-electron chi connectivity index (χ2n) is 4.78. The van der Waals surface area contributed by atoms with E-state index >= 15 is 0 Å². The Morgan fingerprint density at radius 3 is 2.38 bits per heavy atom. The molecule has 112 valence electrons. The molecule has 0 unspecified atom stereocenters. The monoisotopic (exact) mass is 308 g/mol. The zero-order valence-corrected chi connectivity index (χ0v) is 12.6. The molecule has 0 aliphatic carbocycles. The van der Waals surface area contributed by atoms with Gasteiger partial charge in [-0.25, -0.2) is 4.39 Å². The van der Waals surface area contributed by atoms with Crippen molar-refractivity contribution < 1.29 is 17.0 Å². The van der Waals surface area contributed by atoms with Gasteiger partial charge in [0.1, 0.15) is 5.82 Å². The predicted octanol–water partition coefficient (Wildman–Crippen LogP) is 3.47. The minimum atomic E-state index is -3.74. The van der Waals surface area contributed by atoms with Gasteiger partial charge in [0.15, 0.2) is 0 Å². The summed E-state index contributed by atoms with van der Waals surface area (Å²) in [5.41, 5.74) is 1.54. The van der Waals surface area contributed by atoms with Crippen molar-refractivity contribution in [2.24, 2.45) is 0 Å². The summed E-state index contributed by atoms with van der Waals surface area (Å²) < 4.78 is 42.2. The lowest BCUT2D eigenvalue weighted by Crippen LogP contribution is -2.08. The minimum Gasteiger partial charge on any atom is -0.266 e. The lowest BCUT2D eigenvalue weighted by atomic mass is 10.1. The van der Waals surface area contributed by atoms with E-state index in [4.69, 9.17) is 4.18 Å². The summed E-state index contributed by atoms with van der Waals surface area (Å²) in [6, 6.07) is 12.9. The highest BCUT2D eigenvalue weighted by Gasteiger charge is 2.14. The van der Waals surface area contributed by atoms with Crippen LogP contribution in [-0.2, 0) is 20.7 Å². The molecule has 0 amide bonds. The van der Waals surface area contributed by atoms with E-state index in [-0.39, 0.29) is 17.3 Å². The third kappa shape index (κ3) is 4.37. The van der Waals surface area contributed by atoms with Gasteiger partial charge in [-0.2, -0.15) is 8.42 Å². The highest BCUT2D eigenvalue weighted by Crippen LogP contribution is 2.14. The molecule has 0 spiro atoms. The van der Waals surface area contributed by atoms with E-state index in [2.05, 4.69) is 0 Å². The van der Waals surface area contributed by atoms with Crippen LogP contribution in [-0.4, -0.2) is 15.0 Å². The van der Waals surface area contributed by atoms with Gasteiger partial charge in [-0.1, -0.05) is 35.9 Å². The molecule has 0 fully saturated rings. The maximum Gasteiger partial charge on any atom is 0.296 e. The smallest absolute Gasteiger partial charge is 0.266 e. The van der Waals surface area contributed by atoms with E-state index in [1.54, 1.807) is 30.3 Å². The van der Waals surface area contributed by atoms with Crippen LogP contribution in [0.25, 0.3) is 0 Å². The summed E-state index contributed by atoms with van der Waals surface area (Å²) in [6.45, 7) is 1.91. The van der Waals surface area contributed by atoms with Crippen molar-refractivity contribution in [2.45, 2.75) is 24.7 Å². The summed E-state index contributed by atoms with van der Waals surface area (Å²) in [7, 11) is -3.74. The molecule has 3 nitrogen and oxygen atoms in total. The molecule has 0 aromatic heterocycles. The van der Waals surface area contributed by atoms with Gasteiger partial charge in [-0.3, -0.25) is 4.18 Å². The van der Waals surface area contributed by atoms with Crippen LogP contribution in [0.1, 0.15) is 17.5 Å². The third-order valence-electron chi connectivity index (χ3n) is 3.10. The molecular weight excluding hydrogens is 291 g/mol. The zero-order chi connectivity index (χ0) is 15.3. The highest BCUT2D eigenvalue weighted by molar-refractivity contribution is 7.86. The average Bonchev–Trinajstić information content (AvgIpc) is 2.46. The number of hydrogen-bond donors (Lipinski definition) is 0. The molecule has 0 N–H and O–H groups in total. The van der Waals surface area contributed by atoms with Gasteiger partial charge in [-0.15, -0.1) is 0 Å². The van der Waals surface area contributed by atoms with Gasteiger partial charge in [-0.05, 0) is 43.5 Å². The van der Waals surface area contributed by atoms with Crippen molar-refractivity contribution in [3.05, 3.63) is 65.5 Å². The van der Waals surface area contributed by atoms with E-state index < -0.39 is 10.1 Å². The zero-order valence-electron chi connectivity index (χ0n) is 11.8. The first-order valence-electron chi connectivity index (χ1n) is 6.68. The van der Waals surface area contributed by atoms with Crippen LogP contribution in [0, 0.1) is 12.7 Å². The molecule has 5 heteroatoms. The second-order valence-corrected chi connectivity index (χ2v) is 6.40. The number of aryl methyl sites for hydroxylation is 2. The van der Waals surface area contributed by atoms with Gasteiger partial charge in [0.2, 0.25) is 0 Å². The van der Waals surface area contributed by atoms with E-state index in [0.717, 1.165) is 5.56 Å². The lowest BCUT2D eigenvalue weighted by Gasteiger charge is -2.06. The van der Waals surface area contributed by atoms with E-state index in [1.807, 2.05) is 6.92 Å². The fourth-order valence-corrected chi connectivity index (χ4v) is 2.85. The Morgan fingerprint density at radius 1 is 1.05 bits per heavy atom. The van der Waals surface area contributed by atoms with Gasteiger partial charge < -0.3 is 0 Å². The van der Waals surface area contributed by atoms with Crippen molar-refractivity contribution in [1.82, 2.24) is 0 Å². The molecule has 0 aliphatic heterocycles. The summed E-state index contributed by atoms with van der Waals surface area (Å²) >= 11 is 0. The van der Waals surface area contributed by atoms with E-state index in [0.29, 0.717) is 18.4 Å². The standard InChI is InChI=1S/C16H17FO3S/c1-13-8-10-15(11-9-13)21(18,19)20-12-4-6-14-5-2-3-7-16(14)17/h2-3,5,7-11H,4,6,12H2,1H3. The molecule has 2 aromatic rings. The molecule has 0 aliphatic rings. The normalized spacial score (nSPS) is 11.5. The summed E-state index contributed by atoms with van der Waals surface area (Å²) in [4.78, 5) is 0.138. The first-order valence-corrected chi connectivity index (χ1v) is 8.09. The van der Waals surface area contributed by atoms with Crippen LogP contribution in [0.4, 0.5) is 4.39 Å². The number of hydrogen-bond acceptors (Lipinski definition) is 3. The van der Waals surface area contributed by atoms with E-state index in [1.165, 1.54) is 18.2 Å². The molecule has 0 heterocycles. The van der Waals surface area contributed by atoms with Crippen LogP contribution in [0.5, 0.6) is 0 Å². The molecule has 0 saturated heterocycles. The Labute approximate surface area is 124 Å². The molecule has 0 saturated carbocycles. The summed E-state index contributed by atoms with van der Waals surface area (Å²) in [6.07, 6.45) is 0.877. The molecule has 2 rings (SSSR count). The van der Waals surface area contributed by atoms with Crippen LogP contribution in [0.15, 0.2) is 53.4 Å². The number of benzene rings is 2. The fourth-order valence-electron chi connectivity index (χ4n) is 1.91. The molecule has 0 radical (unpaired) electrons. The van der Waals surface area contributed by atoms with Crippen LogP contribution in [0.3, 0.4) is 0 Å². The van der Waals surface area contributed by atoms with Crippen molar-refractivity contribution in [3.8, 4) is 0 Å². The molecule has 2 aromatic carbocycles.